The maximum Gasteiger partial charge on any atom is 0.329 e. The maximum absolute atomic E-state index is 13.2. The zero-order chi connectivity index (χ0) is 13.1. The van der Waals surface area contributed by atoms with E-state index < -0.39 is 22.2 Å². The Labute approximate surface area is 106 Å². The first-order valence-corrected chi connectivity index (χ1v) is 5.54. The van der Waals surface area contributed by atoms with Crippen molar-refractivity contribution in [2.45, 2.75) is 13.0 Å². The van der Waals surface area contributed by atoms with E-state index in [2.05, 4.69) is 9.97 Å². The molecule has 0 fully saturated rings. The molecule has 0 saturated carbocycles. The molecule has 2 aromatic rings. The predicted octanol–water partition coefficient (Wildman–Crippen LogP) is 0.967. The number of pyridine rings is 1. The minimum absolute atomic E-state index is 0.0634. The minimum atomic E-state index is -1.15. The lowest BCUT2D eigenvalue weighted by Crippen LogP contribution is -2.37. The number of H-pyrrole nitrogens is 1. The first-order chi connectivity index (χ1) is 8.59. The molecule has 2 aromatic heterocycles. The average Bonchev–Trinajstić information content (AvgIpc) is 2.37. The van der Waals surface area contributed by atoms with Crippen LogP contribution in [0, 0.1) is 5.82 Å². The van der Waals surface area contributed by atoms with Gasteiger partial charge in [-0.3, -0.25) is 19.3 Å². The van der Waals surface area contributed by atoms with Crippen LogP contribution in [0.1, 0.15) is 5.56 Å². The Bertz CT molecular complexity index is 666. The quantitative estimate of drug-likeness (QED) is 0.844. The molecule has 2 rings (SSSR count). The van der Waals surface area contributed by atoms with Crippen molar-refractivity contribution in [2.75, 3.05) is 0 Å². The molecule has 0 bridgehead atoms. The summed E-state index contributed by atoms with van der Waals surface area (Å²) in [7, 11) is 0. The summed E-state index contributed by atoms with van der Waals surface area (Å²) in [6.07, 6.45) is 3.63. The Morgan fingerprint density at radius 3 is 2.89 bits per heavy atom. The molecule has 2 heterocycles. The molecule has 0 unspecified atom stereocenters. The van der Waals surface area contributed by atoms with Crippen molar-refractivity contribution in [1.82, 2.24) is 14.5 Å². The summed E-state index contributed by atoms with van der Waals surface area (Å²) in [4.78, 5) is 28.9. The van der Waals surface area contributed by atoms with Gasteiger partial charge in [0.25, 0.3) is 5.56 Å². The van der Waals surface area contributed by atoms with Gasteiger partial charge in [0.15, 0.2) is 5.15 Å². The van der Waals surface area contributed by atoms with Gasteiger partial charge in [0.1, 0.15) is 0 Å². The topological polar surface area (TPSA) is 67.8 Å². The number of hydrogen-bond acceptors (Lipinski definition) is 3. The molecular weight excluding hydrogens is 261 g/mol. The van der Waals surface area contributed by atoms with Gasteiger partial charge in [-0.2, -0.15) is 4.39 Å². The zero-order valence-electron chi connectivity index (χ0n) is 9.19. The Hall–Kier alpha value is -1.95. The van der Waals surface area contributed by atoms with E-state index in [1.165, 1.54) is 0 Å². The van der Waals surface area contributed by atoms with Gasteiger partial charge in [-0.15, -0.1) is 0 Å². The largest absolute Gasteiger partial charge is 0.329 e. The van der Waals surface area contributed by atoms with Crippen molar-refractivity contribution in [3.05, 3.63) is 61.9 Å². The number of aromatic amines is 1. The van der Waals surface area contributed by atoms with Crippen LogP contribution >= 0.6 is 11.6 Å². The van der Waals surface area contributed by atoms with Gasteiger partial charge in [-0.25, -0.2) is 4.79 Å². The lowest BCUT2D eigenvalue weighted by Gasteiger charge is -2.05. The summed E-state index contributed by atoms with van der Waals surface area (Å²) in [5.74, 6) is -1.15. The highest BCUT2D eigenvalue weighted by Crippen LogP contribution is 2.03. The number of aromatic nitrogens is 3. The average molecular weight is 270 g/mol. The smallest absolute Gasteiger partial charge is 0.295 e. The molecule has 94 valence electrons. The summed E-state index contributed by atoms with van der Waals surface area (Å²) in [5, 5.41) is -0.567. The molecule has 0 spiro atoms. The van der Waals surface area contributed by atoms with E-state index in [0.29, 0.717) is 6.42 Å². The third-order valence-corrected chi connectivity index (χ3v) is 2.69. The van der Waals surface area contributed by atoms with Crippen LogP contribution in [0.5, 0.6) is 0 Å². The minimum Gasteiger partial charge on any atom is -0.295 e. The number of aryl methyl sites for hydroxylation is 1. The molecule has 0 radical (unpaired) electrons. The van der Waals surface area contributed by atoms with Crippen molar-refractivity contribution < 1.29 is 4.39 Å². The van der Waals surface area contributed by atoms with Gasteiger partial charge in [0.2, 0.25) is 5.82 Å². The van der Waals surface area contributed by atoms with Gasteiger partial charge in [0, 0.05) is 18.9 Å². The summed E-state index contributed by atoms with van der Waals surface area (Å²) >= 11 is 5.35. The summed E-state index contributed by atoms with van der Waals surface area (Å²) in [5.41, 5.74) is -0.901. The molecular formula is C11H9ClFN3O2. The first-order valence-electron chi connectivity index (χ1n) is 5.16. The van der Waals surface area contributed by atoms with Crippen molar-refractivity contribution in [3.8, 4) is 0 Å². The number of rotatable bonds is 3. The van der Waals surface area contributed by atoms with Gasteiger partial charge in [-0.05, 0) is 18.1 Å². The molecule has 0 amide bonds. The second-order valence-electron chi connectivity index (χ2n) is 3.63. The lowest BCUT2D eigenvalue weighted by atomic mass is 10.2. The number of nitrogens with zero attached hydrogens (tertiary/aromatic N) is 2. The summed E-state index contributed by atoms with van der Waals surface area (Å²) < 4.78 is 14.0. The fraction of sp³-hybridized carbons (Fsp3) is 0.182. The molecule has 7 heteroatoms. The van der Waals surface area contributed by atoms with E-state index in [-0.39, 0.29) is 6.54 Å². The standard InChI is InChI=1S/C11H9ClFN3O2/c12-9-8(13)10(17)16(11(18)15-9)5-3-7-2-1-4-14-6-7/h1-2,4,6H,3,5H2,(H,15,18). The normalized spacial score (nSPS) is 10.6. The highest BCUT2D eigenvalue weighted by Gasteiger charge is 2.11. The zero-order valence-corrected chi connectivity index (χ0v) is 9.95. The predicted molar refractivity (Wildman–Crippen MR) is 64.2 cm³/mol. The monoisotopic (exact) mass is 269 g/mol. The molecule has 0 aliphatic heterocycles. The van der Waals surface area contributed by atoms with Crippen LogP contribution in [0.25, 0.3) is 0 Å². The molecule has 0 aliphatic carbocycles. The fourth-order valence-corrected chi connectivity index (χ4v) is 1.67. The fourth-order valence-electron chi connectivity index (χ4n) is 1.51. The maximum atomic E-state index is 13.2. The van der Waals surface area contributed by atoms with Crippen molar-refractivity contribution in [3.63, 3.8) is 0 Å². The van der Waals surface area contributed by atoms with Crippen LogP contribution in [0.4, 0.5) is 4.39 Å². The Kier molecular flexibility index (Phi) is 3.57. The third kappa shape index (κ3) is 2.48. The van der Waals surface area contributed by atoms with Crippen LogP contribution < -0.4 is 11.2 Å². The highest BCUT2D eigenvalue weighted by molar-refractivity contribution is 6.29. The number of nitrogens with one attached hydrogen (secondary N) is 1. The molecule has 5 nitrogen and oxygen atoms in total. The second kappa shape index (κ2) is 5.14. The van der Waals surface area contributed by atoms with Gasteiger partial charge in [-0.1, -0.05) is 17.7 Å². The van der Waals surface area contributed by atoms with Crippen molar-refractivity contribution in [2.24, 2.45) is 0 Å². The summed E-state index contributed by atoms with van der Waals surface area (Å²) in [6, 6.07) is 3.54. The van der Waals surface area contributed by atoms with Crippen LogP contribution in [0.2, 0.25) is 5.15 Å². The van der Waals surface area contributed by atoms with Crippen LogP contribution in [0.15, 0.2) is 34.1 Å². The van der Waals surface area contributed by atoms with E-state index >= 15 is 0 Å². The van der Waals surface area contributed by atoms with Crippen molar-refractivity contribution >= 4 is 11.6 Å². The molecule has 0 saturated heterocycles. The Morgan fingerprint density at radius 1 is 1.44 bits per heavy atom. The van der Waals surface area contributed by atoms with E-state index in [9.17, 15) is 14.0 Å². The Morgan fingerprint density at radius 2 is 2.22 bits per heavy atom. The summed E-state index contributed by atoms with van der Waals surface area (Å²) in [6.45, 7) is 0.0634. The van der Waals surface area contributed by atoms with Gasteiger partial charge >= 0.3 is 5.69 Å². The highest BCUT2D eigenvalue weighted by atomic mass is 35.5. The lowest BCUT2D eigenvalue weighted by molar-refractivity contribution is 0.538. The number of halogens is 2. The van der Waals surface area contributed by atoms with E-state index in [4.69, 9.17) is 11.6 Å². The SMILES string of the molecule is O=c1[nH]c(Cl)c(F)c(=O)n1CCc1cccnc1. The van der Waals surface area contributed by atoms with Gasteiger partial charge in [0.05, 0.1) is 0 Å². The van der Waals surface area contributed by atoms with Gasteiger partial charge < -0.3 is 0 Å². The van der Waals surface area contributed by atoms with Crippen LogP contribution in [-0.2, 0) is 13.0 Å². The molecule has 0 aromatic carbocycles. The van der Waals surface area contributed by atoms with E-state index in [1.54, 1.807) is 24.5 Å². The molecule has 1 N–H and O–H groups in total. The van der Waals surface area contributed by atoms with Crippen molar-refractivity contribution in [1.29, 1.82) is 0 Å². The van der Waals surface area contributed by atoms with E-state index in [1.807, 2.05) is 0 Å². The van der Waals surface area contributed by atoms with Crippen LogP contribution in [0.3, 0.4) is 0 Å². The first kappa shape index (κ1) is 12.5. The third-order valence-electron chi connectivity index (χ3n) is 2.43. The molecule has 0 aliphatic rings. The van der Waals surface area contributed by atoms with E-state index in [0.717, 1.165) is 10.1 Å². The molecule has 18 heavy (non-hydrogen) atoms. The number of hydrogen-bond donors (Lipinski definition) is 1. The molecule has 0 atom stereocenters. The Balaban J connectivity index is 2.28. The van der Waals surface area contributed by atoms with Crippen LogP contribution in [-0.4, -0.2) is 14.5 Å². The second-order valence-corrected chi connectivity index (χ2v) is 4.00.